The molecule has 0 saturated heterocycles. The SMILES string of the molecule is CCOC(=O)c1c(-c2ccccc2)oc2ccc([N+](=O)[O-])cc2c1=O. The summed E-state index contributed by atoms with van der Waals surface area (Å²) in [5.41, 5.74) is -0.518. The zero-order valence-corrected chi connectivity index (χ0v) is 13.2. The summed E-state index contributed by atoms with van der Waals surface area (Å²) >= 11 is 0. The van der Waals surface area contributed by atoms with E-state index in [-0.39, 0.29) is 34.6 Å². The summed E-state index contributed by atoms with van der Waals surface area (Å²) in [7, 11) is 0. The molecule has 1 aromatic heterocycles. The molecule has 0 unspecified atom stereocenters. The minimum absolute atomic E-state index is 0.0445. The van der Waals surface area contributed by atoms with Crippen LogP contribution in [0.2, 0.25) is 0 Å². The second-order valence-electron chi connectivity index (χ2n) is 5.16. The van der Waals surface area contributed by atoms with Gasteiger partial charge in [-0.05, 0) is 13.0 Å². The van der Waals surface area contributed by atoms with E-state index in [9.17, 15) is 19.7 Å². The largest absolute Gasteiger partial charge is 0.462 e. The number of benzene rings is 2. The van der Waals surface area contributed by atoms with Crippen LogP contribution in [0.1, 0.15) is 17.3 Å². The van der Waals surface area contributed by atoms with Crippen LogP contribution in [0, 0.1) is 10.1 Å². The van der Waals surface area contributed by atoms with Crippen molar-refractivity contribution >= 4 is 22.6 Å². The van der Waals surface area contributed by atoms with Crippen molar-refractivity contribution in [1.29, 1.82) is 0 Å². The highest BCUT2D eigenvalue weighted by molar-refractivity contribution is 5.99. The van der Waals surface area contributed by atoms with Crippen LogP contribution in [0.3, 0.4) is 0 Å². The molecule has 7 heteroatoms. The van der Waals surface area contributed by atoms with E-state index < -0.39 is 16.3 Å². The number of hydrogen-bond donors (Lipinski definition) is 0. The van der Waals surface area contributed by atoms with Gasteiger partial charge >= 0.3 is 5.97 Å². The maximum atomic E-state index is 12.8. The fourth-order valence-electron chi connectivity index (χ4n) is 2.48. The summed E-state index contributed by atoms with van der Waals surface area (Å²) in [6, 6.07) is 12.3. The normalized spacial score (nSPS) is 10.6. The van der Waals surface area contributed by atoms with Crippen LogP contribution in [0.4, 0.5) is 5.69 Å². The highest BCUT2D eigenvalue weighted by Gasteiger charge is 2.24. The van der Waals surface area contributed by atoms with Crippen LogP contribution in [0.5, 0.6) is 0 Å². The monoisotopic (exact) mass is 339 g/mol. The molecule has 0 aliphatic heterocycles. The van der Waals surface area contributed by atoms with Gasteiger partial charge in [0.2, 0.25) is 5.43 Å². The topological polar surface area (TPSA) is 99.7 Å². The van der Waals surface area contributed by atoms with Crippen LogP contribution in [0.25, 0.3) is 22.3 Å². The van der Waals surface area contributed by atoms with Gasteiger partial charge in [0.15, 0.2) is 11.3 Å². The van der Waals surface area contributed by atoms with Crippen molar-refractivity contribution in [3.05, 3.63) is 74.4 Å². The number of carbonyl (C=O) groups is 1. The number of hydrogen-bond acceptors (Lipinski definition) is 6. The van der Waals surface area contributed by atoms with E-state index in [2.05, 4.69) is 0 Å². The minimum atomic E-state index is -0.830. The van der Waals surface area contributed by atoms with E-state index in [1.807, 2.05) is 0 Å². The Morgan fingerprint density at radius 1 is 1.20 bits per heavy atom. The van der Waals surface area contributed by atoms with Crippen molar-refractivity contribution in [3.8, 4) is 11.3 Å². The van der Waals surface area contributed by atoms with Crippen LogP contribution in [-0.2, 0) is 4.74 Å². The lowest BCUT2D eigenvalue weighted by Crippen LogP contribution is -2.19. The fraction of sp³-hybridized carbons (Fsp3) is 0.111. The maximum Gasteiger partial charge on any atom is 0.346 e. The Morgan fingerprint density at radius 3 is 2.56 bits per heavy atom. The van der Waals surface area contributed by atoms with Crippen LogP contribution < -0.4 is 5.43 Å². The number of carbonyl (C=O) groups excluding carboxylic acids is 1. The Balaban J connectivity index is 2.36. The Hall–Kier alpha value is -3.48. The molecule has 0 aliphatic carbocycles. The second-order valence-corrected chi connectivity index (χ2v) is 5.16. The third kappa shape index (κ3) is 2.99. The number of nitrogens with zero attached hydrogens (tertiary/aromatic N) is 1. The third-order valence-corrected chi connectivity index (χ3v) is 3.60. The summed E-state index contributed by atoms with van der Waals surface area (Å²) in [6.07, 6.45) is 0. The van der Waals surface area contributed by atoms with Crippen LogP contribution >= 0.6 is 0 Å². The van der Waals surface area contributed by atoms with Crippen LogP contribution in [-0.4, -0.2) is 17.5 Å². The van der Waals surface area contributed by atoms with Crippen molar-refractivity contribution in [2.24, 2.45) is 0 Å². The quantitative estimate of drug-likeness (QED) is 0.409. The summed E-state index contributed by atoms with van der Waals surface area (Å²) in [6.45, 7) is 1.70. The molecule has 0 fully saturated rings. The first-order chi connectivity index (χ1) is 12.0. The highest BCUT2D eigenvalue weighted by atomic mass is 16.6. The van der Waals surface area contributed by atoms with Gasteiger partial charge in [-0.1, -0.05) is 30.3 Å². The molecule has 0 spiro atoms. The van der Waals surface area contributed by atoms with Crippen molar-refractivity contribution in [3.63, 3.8) is 0 Å². The van der Waals surface area contributed by atoms with Gasteiger partial charge in [-0.3, -0.25) is 14.9 Å². The van der Waals surface area contributed by atoms with Crippen molar-refractivity contribution in [1.82, 2.24) is 0 Å². The molecule has 7 nitrogen and oxygen atoms in total. The third-order valence-electron chi connectivity index (χ3n) is 3.60. The summed E-state index contributed by atoms with van der Waals surface area (Å²) in [5.74, 6) is -0.756. The lowest BCUT2D eigenvalue weighted by atomic mass is 10.0. The molecule has 25 heavy (non-hydrogen) atoms. The molecular formula is C18H13NO6. The summed E-state index contributed by atoms with van der Waals surface area (Å²) < 4.78 is 10.7. The van der Waals surface area contributed by atoms with E-state index in [4.69, 9.17) is 9.15 Å². The molecule has 0 amide bonds. The lowest BCUT2D eigenvalue weighted by molar-refractivity contribution is -0.384. The number of nitro groups is 1. The molecule has 2 aromatic carbocycles. The predicted molar refractivity (Wildman–Crippen MR) is 90.5 cm³/mol. The zero-order valence-electron chi connectivity index (χ0n) is 13.2. The van der Waals surface area contributed by atoms with Crippen molar-refractivity contribution in [2.75, 3.05) is 6.61 Å². The van der Waals surface area contributed by atoms with E-state index >= 15 is 0 Å². The maximum absolute atomic E-state index is 12.8. The van der Waals surface area contributed by atoms with Gasteiger partial charge in [0.25, 0.3) is 5.69 Å². The molecule has 0 atom stereocenters. The molecule has 3 rings (SSSR count). The zero-order chi connectivity index (χ0) is 18.0. The van der Waals surface area contributed by atoms with Gasteiger partial charge in [0, 0.05) is 17.7 Å². The average molecular weight is 339 g/mol. The summed E-state index contributed by atoms with van der Waals surface area (Å²) in [5, 5.41) is 10.9. The fourth-order valence-corrected chi connectivity index (χ4v) is 2.48. The number of esters is 1. The summed E-state index contributed by atoms with van der Waals surface area (Å²) in [4.78, 5) is 35.5. The minimum Gasteiger partial charge on any atom is -0.462 e. The molecule has 0 aliphatic rings. The molecule has 0 radical (unpaired) electrons. The van der Waals surface area contributed by atoms with Gasteiger partial charge in [-0.2, -0.15) is 0 Å². The van der Waals surface area contributed by atoms with Gasteiger partial charge in [0.1, 0.15) is 5.58 Å². The smallest absolute Gasteiger partial charge is 0.346 e. The Bertz CT molecular complexity index is 1020. The molecule has 126 valence electrons. The number of nitro benzene ring substituents is 1. The van der Waals surface area contributed by atoms with Crippen molar-refractivity contribution in [2.45, 2.75) is 6.92 Å². The predicted octanol–water partition coefficient (Wildman–Crippen LogP) is 3.54. The first-order valence-corrected chi connectivity index (χ1v) is 7.50. The van der Waals surface area contributed by atoms with Gasteiger partial charge in [-0.25, -0.2) is 4.79 Å². The first kappa shape index (κ1) is 16.4. The number of non-ortho nitro benzene ring substituents is 1. The number of rotatable bonds is 4. The molecule has 0 saturated carbocycles. The number of fused-ring (bicyclic) bond motifs is 1. The van der Waals surface area contributed by atoms with E-state index in [0.717, 1.165) is 6.07 Å². The Morgan fingerprint density at radius 2 is 1.92 bits per heavy atom. The molecular weight excluding hydrogens is 326 g/mol. The standard InChI is InChI=1S/C18H13NO6/c1-2-24-18(21)15-16(20)13-10-12(19(22)23)8-9-14(13)25-17(15)11-6-4-3-5-7-11/h3-10H,2H2,1H3. The van der Waals surface area contributed by atoms with Gasteiger partial charge in [0.05, 0.1) is 16.9 Å². The van der Waals surface area contributed by atoms with E-state index in [1.54, 1.807) is 37.3 Å². The molecule has 3 aromatic rings. The van der Waals surface area contributed by atoms with Gasteiger partial charge in [-0.15, -0.1) is 0 Å². The average Bonchev–Trinajstić information content (AvgIpc) is 2.62. The molecule has 0 N–H and O–H groups in total. The van der Waals surface area contributed by atoms with E-state index in [0.29, 0.717) is 5.56 Å². The van der Waals surface area contributed by atoms with Gasteiger partial charge < -0.3 is 9.15 Å². The van der Waals surface area contributed by atoms with Crippen LogP contribution in [0.15, 0.2) is 57.7 Å². The Kier molecular flexibility index (Phi) is 4.30. The molecule has 1 heterocycles. The van der Waals surface area contributed by atoms with Crippen molar-refractivity contribution < 1.29 is 18.9 Å². The molecule has 0 bridgehead atoms. The van der Waals surface area contributed by atoms with E-state index in [1.165, 1.54) is 12.1 Å². The second kappa shape index (κ2) is 6.56. The lowest BCUT2D eigenvalue weighted by Gasteiger charge is -2.09. The highest BCUT2D eigenvalue weighted by Crippen LogP contribution is 2.28. The first-order valence-electron chi connectivity index (χ1n) is 7.50. The number of ether oxygens (including phenoxy) is 1. The Labute approximate surface area is 141 Å².